The first-order chi connectivity index (χ1) is 7.36. The van der Waals surface area contributed by atoms with Crippen molar-refractivity contribution in [1.29, 1.82) is 0 Å². The van der Waals surface area contributed by atoms with Crippen molar-refractivity contribution in [3.8, 4) is 0 Å². The Morgan fingerprint density at radius 2 is 2.00 bits per heavy atom. The van der Waals surface area contributed by atoms with E-state index in [0.29, 0.717) is 0 Å². The summed E-state index contributed by atoms with van der Waals surface area (Å²) in [6.07, 6.45) is 4.50. The van der Waals surface area contributed by atoms with Crippen LogP contribution in [0.15, 0.2) is 43.0 Å². The van der Waals surface area contributed by atoms with E-state index in [4.69, 9.17) is 0 Å². The van der Waals surface area contributed by atoms with E-state index in [1.807, 2.05) is 6.08 Å². The highest BCUT2D eigenvalue weighted by molar-refractivity contribution is 5.14. The summed E-state index contributed by atoms with van der Waals surface area (Å²) in [6.45, 7) is 9.22. The maximum absolute atomic E-state index is 3.81. The summed E-state index contributed by atoms with van der Waals surface area (Å²) in [6, 6.07) is 10.6. The Hall–Kier alpha value is -1.08. The van der Waals surface area contributed by atoms with Crippen molar-refractivity contribution in [2.45, 2.75) is 26.3 Å². The van der Waals surface area contributed by atoms with Crippen LogP contribution in [0.2, 0.25) is 0 Å². The van der Waals surface area contributed by atoms with E-state index in [1.165, 1.54) is 18.4 Å². The second-order valence-corrected chi connectivity index (χ2v) is 3.86. The summed E-state index contributed by atoms with van der Waals surface area (Å²) in [5, 5.41) is 0. The van der Waals surface area contributed by atoms with E-state index in [1.54, 1.807) is 0 Å². The number of hydrogen-bond donors (Lipinski definition) is 0. The van der Waals surface area contributed by atoms with Crippen LogP contribution in [0.3, 0.4) is 0 Å². The molecule has 1 aromatic carbocycles. The minimum atomic E-state index is 0.981. The van der Waals surface area contributed by atoms with Gasteiger partial charge < -0.3 is 0 Å². The van der Waals surface area contributed by atoms with Gasteiger partial charge in [-0.1, -0.05) is 49.8 Å². The highest BCUT2D eigenvalue weighted by Crippen LogP contribution is 2.05. The van der Waals surface area contributed by atoms with Gasteiger partial charge in [0.25, 0.3) is 0 Å². The maximum atomic E-state index is 3.81. The van der Waals surface area contributed by atoms with Gasteiger partial charge in [0.15, 0.2) is 0 Å². The third-order valence-electron chi connectivity index (χ3n) is 2.46. The minimum Gasteiger partial charge on any atom is -0.295 e. The van der Waals surface area contributed by atoms with Gasteiger partial charge in [-0.05, 0) is 18.5 Å². The lowest BCUT2D eigenvalue weighted by molar-refractivity contribution is 0.289. The van der Waals surface area contributed by atoms with E-state index >= 15 is 0 Å². The molecule has 82 valence electrons. The van der Waals surface area contributed by atoms with Crippen molar-refractivity contribution < 1.29 is 0 Å². The van der Waals surface area contributed by atoms with E-state index in [9.17, 15) is 0 Å². The van der Waals surface area contributed by atoms with Gasteiger partial charge in [0.2, 0.25) is 0 Å². The van der Waals surface area contributed by atoms with E-state index in [0.717, 1.165) is 19.6 Å². The number of rotatable bonds is 7. The molecule has 0 bridgehead atoms. The van der Waals surface area contributed by atoms with Gasteiger partial charge >= 0.3 is 0 Å². The zero-order valence-electron chi connectivity index (χ0n) is 9.65. The van der Waals surface area contributed by atoms with Crippen molar-refractivity contribution in [3.05, 3.63) is 48.6 Å². The first kappa shape index (κ1) is 12.0. The van der Waals surface area contributed by atoms with Crippen LogP contribution in [-0.4, -0.2) is 18.0 Å². The van der Waals surface area contributed by atoms with Crippen LogP contribution in [0.4, 0.5) is 0 Å². The smallest absolute Gasteiger partial charge is 0.0237 e. The van der Waals surface area contributed by atoms with Gasteiger partial charge in [-0.15, -0.1) is 6.58 Å². The molecule has 0 saturated carbocycles. The van der Waals surface area contributed by atoms with Crippen molar-refractivity contribution in [2.24, 2.45) is 0 Å². The molecule has 0 aliphatic carbocycles. The molecule has 0 aromatic heterocycles. The lowest BCUT2D eigenvalue weighted by Gasteiger charge is -2.20. The average molecular weight is 203 g/mol. The quantitative estimate of drug-likeness (QED) is 0.613. The largest absolute Gasteiger partial charge is 0.295 e. The van der Waals surface area contributed by atoms with Crippen LogP contribution >= 0.6 is 0 Å². The van der Waals surface area contributed by atoms with Gasteiger partial charge in [-0.3, -0.25) is 4.90 Å². The Kier molecular flexibility index (Phi) is 5.79. The minimum absolute atomic E-state index is 0.981. The zero-order valence-corrected chi connectivity index (χ0v) is 9.65. The summed E-state index contributed by atoms with van der Waals surface area (Å²) >= 11 is 0. The molecule has 1 rings (SSSR count). The van der Waals surface area contributed by atoms with Gasteiger partial charge in [-0.25, -0.2) is 0 Å². The highest BCUT2D eigenvalue weighted by Gasteiger charge is 2.02. The van der Waals surface area contributed by atoms with Gasteiger partial charge in [0.1, 0.15) is 0 Å². The van der Waals surface area contributed by atoms with Crippen molar-refractivity contribution in [1.82, 2.24) is 4.90 Å². The van der Waals surface area contributed by atoms with E-state index < -0.39 is 0 Å². The number of nitrogens with zero attached hydrogens (tertiary/aromatic N) is 1. The Bertz CT molecular complexity index is 266. The topological polar surface area (TPSA) is 3.24 Å². The Morgan fingerprint density at radius 3 is 2.60 bits per heavy atom. The van der Waals surface area contributed by atoms with Gasteiger partial charge in [0.05, 0.1) is 0 Å². The Labute approximate surface area is 93.4 Å². The Balaban J connectivity index is 2.46. The normalized spacial score (nSPS) is 10.5. The summed E-state index contributed by atoms with van der Waals surface area (Å²) in [4.78, 5) is 2.44. The molecular formula is C14H21N. The lowest BCUT2D eigenvalue weighted by atomic mass is 10.2. The van der Waals surface area contributed by atoms with Crippen molar-refractivity contribution >= 4 is 0 Å². The Morgan fingerprint density at radius 1 is 1.27 bits per heavy atom. The summed E-state index contributed by atoms with van der Waals surface area (Å²) in [5.74, 6) is 0. The monoisotopic (exact) mass is 203 g/mol. The number of hydrogen-bond acceptors (Lipinski definition) is 1. The molecule has 0 fully saturated rings. The third-order valence-corrected chi connectivity index (χ3v) is 2.46. The molecular weight excluding hydrogens is 182 g/mol. The molecule has 0 unspecified atom stereocenters. The molecule has 0 spiro atoms. The third kappa shape index (κ3) is 4.80. The fourth-order valence-electron chi connectivity index (χ4n) is 1.64. The first-order valence-electron chi connectivity index (χ1n) is 5.74. The molecule has 0 aliphatic rings. The predicted octanol–water partition coefficient (Wildman–Crippen LogP) is 3.47. The summed E-state index contributed by atoms with van der Waals surface area (Å²) < 4.78 is 0. The van der Waals surface area contributed by atoms with Crippen LogP contribution in [0.1, 0.15) is 25.3 Å². The number of unbranched alkanes of at least 4 members (excludes halogenated alkanes) is 1. The molecule has 15 heavy (non-hydrogen) atoms. The molecule has 0 saturated heterocycles. The fraction of sp³-hybridized carbons (Fsp3) is 0.429. The SMILES string of the molecule is C=CCN(CCCC)Cc1ccccc1. The van der Waals surface area contributed by atoms with Gasteiger partial charge in [-0.2, -0.15) is 0 Å². The molecule has 0 radical (unpaired) electrons. The van der Waals surface area contributed by atoms with Crippen LogP contribution in [-0.2, 0) is 6.54 Å². The predicted molar refractivity (Wildman–Crippen MR) is 66.8 cm³/mol. The molecule has 0 amide bonds. The second-order valence-electron chi connectivity index (χ2n) is 3.86. The molecule has 1 heteroatoms. The van der Waals surface area contributed by atoms with Crippen molar-refractivity contribution in [3.63, 3.8) is 0 Å². The van der Waals surface area contributed by atoms with Crippen LogP contribution < -0.4 is 0 Å². The summed E-state index contributed by atoms with van der Waals surface area (Å²) in [7, 11) is 0. The fourth-order valence-corrected chi connectivity index (χ4v) is 1.64. The molecule has 1 aromatic rings. The second kappa shape index (κ2) is 7.24. The van der Waals surface area contributed by atoms with Crippen LogP contribution in [0.5, 0.6) is 0 Å². The molecule has 0 heterocycles. The van der Waals surface area contributed by atoms with Crippen LogP contribution in [0.25, 0.3) is 0 Å². The molecule has 0 aliphatic heterocycles. The maximum Gasteiger partial charge on any atom is 0.0237 e. The van der Waals surface area contributed by atoms with Crippen molar-refractivity contribution in [2.75, 3.05) is 13.1 Å². The average Bonchev–Trinajstić information content (AvgIpc) is 2.28. The van der Waals surface area contributed by atoms with Crippen LogP contribution in [0, 0.1) is 0 Å². The molecule has 1 nitrogen and oxygen atoms in total. The first-order valence-corrected chi connectivity index (χ1v) is 5.74. The summed E-state index contributed by atoms with van der Waals surface area (Å²) in [5.41, 5.74) is 1.38. The lowest BCUT2D eigenvalue weighted by Crippen LogP contribution is -2.24. The van der Waals surface area contributed by atoms with E-state index in [2.05, 4.69) is 48.7 Å². The standard InChI is InChI=1S/C14H21N/c1-3-5-12-15(11-4-2)13-14-9-7-6-8-10-14/h4,6-10H,2-3,5,11-13H2,1H3. The molecule has 0 N–H and O–H groups in total. The van der Waals surface area contributed by atoms with E-state index in [-0.39, 0.29) is 0 Å². The van der Waals surface area contributed by atoms with Gasteiger partial charge in [0, 0.05) is 13.1 Å². The molecule has 0 atom stereocenters. The number of benzene rings is 1. The highest BCUT2D eigenvalue weighted by atomic mass is 15.1. The zero-order chi connectivity index (χ0) is 10.9.